The van der Waals surface area contributed by atoms with Crippen LogP contribution in [0, 0.1) is 0 Å². The predicted octanol–water partition coefficient (Wildman–Crippen LogP) is 2.40. The monoisotopic (exact) mass is 476 g/mol. The molecule has 0 radical (unpaired) electrons. The first-order valence-electron chi connectivity index (χ1n) is 10.5. The summed E-state index contributed by atoms with van der Waals surface area (Å²) in [6, 6.07) is 13.7. The molecule has 1 aromatic heterocycles. The molecule has 3 aromatic rings. The van der Waals surface area contributed by atoms with Crippen molar-refractivity contribution >= 4 is 38.6 Å². The summed E-state index contributed by atoms with van der Waals surface area (Å²) in [6.07, 6.45) is 0.179. The minimum Gasteiger partial charge on any atom is -0.340 e. The molecule has 2 aromatic carbocycles. The highest BCUT2D eigenvalue weighted by Crippen LogP contribution is 2.21. The van der Waals surface area contributed by atoms with E-state index >= 15 is 0 Å². The van der Waals surface area contributed by atoms with Gasteiger partial charge in [-0.05, 0) is 37.3 Å². The van der Waals surface area contributed by atoms with Gasteiger partial charge < -0.3 is 4.90 Å². The maximum Gasteiger partial charge on any atom is 0.329 e. The summed E-state index contributed by atoms with van der Waals surface area (Å²) < 4.78 is 30.4. The zero-order valence-corrected chi connectivity index (χ0v) is 19.3. The number of rotatable bonds is 6. The van der Waals surface area contributed by atoms with E-state index in [0.29, 0.717) is 24.7 Å². The molecule has 0 aliphatic carbocycles. The molecule has 1 amide bonds. The average molecular weight is 477 g/mol. The smallest absolute Gasteiger partial charge is 0.329 e. The van der Waals surface area contributed by atoms with Crippen molar-refractivity contribution in [2.24, 2.45) is 0 Å². The minimum atomic E-state index is -3.66. The number of fused-ring (bicyclic) bond motifs is 1. The molecule has 1 fully saturated rings. The van der Waals surface area contributed by atoms with E-state index in [1.165, 1.54) is 16.4 Å². The van der Waals surface area contributed by atoms with Crippen molar-refractivity contribution in [2.75, 3.05) is 26.2 Å². The molecule has 4 rings (SSSR count). The van der Waals surface area contributed by atoms with Gasteiger partial charge in [-0.1, -0.05) is 29.8 Å². The fourth-order valence-corrected chi connectivity index (χ4v) is 5.84. The first kappa shape index (κ1) is 22.6. The molecule has 32 heavy (non-hydrogen) atoms. The van der Waals surface area contributed by atoms with E-state index in [0.717, 1.165) is 11.0 Å². The lowest BCUT2D eigenvalue weighted by Gasteiger charge is -2.34. The van der Waals surface area contributed by atoms with E-state index in [1.54, 1.807) is 26.2 Å². The van der Waals surface area contributed by atoms with Crippen molar-refractivity contribution in [3.63, 3.8) is 0 Å². The lowest BCUT2D eigenvalue weighted by atomic mass is 10.3. The third-order valence-corrected chi connectivity index (χ3v) is 7.95. The van der Waals surface area contributed by atoms with Gasteiger partial charge in [0.1, 0.15) is 0 Å². The van der Waals surface area contributed by atoms with E-state index < -0.39 is 10.0 Å². The number of carbonyl (C=O) groups excluding carboxylic acids is 1. The van der Waals surface area contributed by atoms with Gasteiger partial charge in [0, 0.05) is 50.7 Å². The zero-order chi connectivity index (χ0) is 22.9. The van der Waals surface area contributed by atoms with Crippen LogP contribution in [-0.4, -0.2) is 58.8 Å². The van der Waals surface area contributed by atoms with Crippen molar-refractivity contribution < 1.29 is 13.2 Å². The fraction of sp³-hybridized carbons (Fsp3) is 0.364. The van der Waals surface area contributed by atoms with Crippen LogP contribution in [0.3, 0.4) is 0 Å². The Hall–Kier alpha value is -2.62. The molecule has 0 atom stereocenters. The van der Waals surface area contributed by atoms with Gasteiger partial charge in [-0.3, -0.25) is 13.9 Å². The number of amides is 1. The molecule has 2 heterocycles. The molecular formula is C22H25ClN4O4S. The summed E-state index contributed by atoms with van der Waals surface area (Å²) in [6.45, 7) is 3.82. The van der Waals surface area contributed by atoms with Crippen LogP contribution in [0.4, 0.5) is 0 Å². The molecule has 1 aliphatic heterocycles. The Morgan fingerprint density at radius 1 is 0.969 bits per heavy atom. The van der Waals surface area contributed by atoms with Crippen LogP contribution >= 0.6 is 11.6 Å². The summed E-state index contributed by atoms with van der Waals surface area (Å²) in [5, 5.41) is 0.361. The number of imidazole rings is 1. The largest absolute Gasteiger partial charge is 0.340 e. The Balaban J connectivity index is 1.40. The van der Waals surface area contributed by atoms with Gasteiger partial charge in [-0.2, -0.15) is 4.31 Å². The standard InChI is InChI=1S/C22H25ClN4O4S/c1-2-26-19-8-3-4-9-20(19)27(22(26)29)11-10-21(28)24-12-14-25(15-13-24)32(30,31)18-7-5-6-17(23)16-18/h3-9,16H,2,10-15H2,1H3. The Morgan fingerprint density at radius 3 is 2.25 bits per heavy atom. The zero-order valence-electron chi connectivity index (χ0n) is 17.8. The fourth-order valence-electron chi connectivity index (χ4n) is 4.11. The first-order valence-corrected chi connectivity index (χ1v) is 12.4. The molecule has 0 bridgehead atoms. The lowest BCUT2D eigenvalue weighted by molar-refractivity contribution is -0.132. The number of aromatic nitrogens is 2. The van der Waals surface area contributed by atoms with Crippen LogP contribution in [0.25, 0.3) is 11.0 Å². The van der Waals surface area contributed by atoms with E-state index in [4.69, 9.17) is 11.6 Å². The van der Waals surface area contributed by atoms with Gasteiger partial charge in [0.05, 0.1) is 15.9 Å². The Labute approximate surface area is 191 Å². The average Bonchev–Trinajstić information content (AvgIpc) is 3.08. The molecule has 8 nitrogen and oxygen atoms in total. The predicted molar refractivity (Wildman–Crippen MR) is 123 cm³/mol. The second-order valence-corrected chi connectivity index (χ2v) is 10.0. The number of benzene rings is 2. The third kappa shape index (κ3) is 4.20. The Kier molecular flexibility index (Phi) is 6.41. The normalized spacial score (nSPS) is 15.4. The van der Waals surface area contributed by atoms with E-state index in [2.05, 4.69) is 0 Å². The number of para-hydroxylation sites is 2. The number of nitrogens with zero attached hydrogens (tertiary/aromatic N) is 4. The van der Waals surface area contributed by atoms with Crippen molar-refractivity contribution in [1.82, 2.24) is 18.3 Å². The maximum absolute atomic E-state index is 12.8. The minimum absolute atomic E-state index is 0.0926. The third-order valence-electron chi connectivity index (χ3n) is 5.82. The van der Waals surface area contributed by atoms with Crippen molar-refractivity contribution in [1.29, 1.82) is 0 Å². The van der Waals surface area contributed by atoms with Gasteiger partial charge in [0.15, 0.2) is 0 Å². The maximum atomic E-state index is 12.8. The Morgan fingerprint density at radius 2 is 1.62 bits per heavy atom. The summed E-state index contributed by atoms with van der Waals surface area (Å²) in [5.41, 5.74) is 1.54. The second kappa shape index (κ2) is 9.09. The van der Waals surface area contributed by atoms with Gasteiger partial charge >= 0.3 is 5.69 Å². The Bertz CT molecular complexity index is 1310. The number of hydrogen-bond acceptors (Lipinski definition) is 4. The van der Waals surface area contributed by atoms with Crippen LogP contribution in [-0.2, 0) is 27.9 Å². The van der Waals surface area contributed by atoms with Crippen molar-refractivity contribution in [3.05, 3.63) is 64.0 Å². The van der Waals surface area contributed by atoms with Crippen LogP contribution in [0.2, 0.25) is 5.02 Å². The highest BCUT2D eigenvalue weighted by atomic mass is 35.5. The van der Waals surface area contributed by atoms with E-state index in [1.807, 2.05) is 31.2 Å². The molecule has 1 saturated heterocycles. The summed E-state index contributed by atoms with van der Waals surface area (Å²) in [5.74, 6) is -0.0926. The van der Waals surface area contributed by atoms with Gasteiger partial charge in [-0.25, -0.2) is 13.2 Å². The van der Waals surface area contributed by atoms with Crippen LogP contribution < -0.4 is 5.69 Å². The number of halogens is 1. The highest BCUT2D eigenvalue weighted by Gasteiger charge is 2.30. The first-order chi connectivity index (χ1) is 15.3. The summed E-state index contributed by atoms with van der Waals surface area (Å²) in [4.78, 5) is 27.3. The summed E-state index contributed by atoms with van der Waals surface area (Å²) in [7, 11) is -3.66. The van der Waals surface area contributed by atoms with Gasteiger partial charge in [0.2, 0.25) is 15.9 Å². The molecule has 0 spiro atoms. The topological polar surface area (TPSA) is 84.6 Å². The molecule has 10 heteroatoms. The molecule has 0 unspecified atom stereocenters. The van der Waals surface area contributed by atoms with E-state index in [9.17, 15) is 18.0 Å². The van der Waals surface area contributed by atoms with Crippen molar-refractivity contribution in [3.8, 4) is 0 Å². The number of aryl methyl sites for hydroxylation is 2. The van der Waals surface area contributed by atoms with E-state index in [-0.39, 0.29) is 42.5 Å². The summed E-state index contributed by atoms with van der Waals surface area (Å²) >= 11 is 5.94. The van der Waals surface area contributed by atoms with Crippen LogP contribution in [0.15, 0.2) is 58.2 Å². The number of hydrogen-bond donors (Lipinski definition) is 0. The molecule has 170 valence electrons. The number of piperazine rings is 1. The van der Waals surface area contributed by atoms with Crippen LogP contribution in [0.5, 0.6) is 0 Å². The van der Waals surface area contributed by atoms with Gasteiger partial charge in [0.25, 0.3) is 0 Å². The van der Waals surface area contributed by atoms with Crippen molar-refractivity contribution in [2.45, 2.75) is 31.3 Å². The number of carbonyl (C=O) groups is 1. The van der Waals surface area contributed by atoms with Gasteiger partial charge in [-0.15, -0.1) is 0 Å². The molecule has 1 aliphatic rings. The quantitative estimate of drug-likeness (QED) is 0.546. The molecule has 0 saturated carbocycles. The molecule has 0 N–H and O–H groups in total. The second-order valence-electron chi connectivity index (χ2n) is 7.66. The lowest BCUT2D eigenvalue weighted by Crippen LogP contribution is -2.50. The van der Waals surface area contributed by atoms with Crippen LogP contribution in [0.1, 0.15) is 13.3 Å². The highest BCUT2D eigenvalue weighted by molar-refractivity contribution is 7.89. The SMILES string of the molecule is CCn1c(=O)n(CCC(=O)N2CCN(S(=O)(=O)c3cccc(Cl)c3)CC2)c2ccccc21. The molecular weight excluding hydrogens is 452 g/mol. The number of sulfonamides is 1.